The van der Waals surface area contributed by atoms with E-state index in [0.29, 0.717) is 28.6 Å². The molecule has 2 N–H and O–H groups in total. The predicted molar refractivity (Wildman–Crippen MR) is 104 cm³/mol. The topological polar surface area (TPSA) is 59.2 Å². The Bertz CT molecular complexity index is 709. The van der Waals surface area contributed by atoms with Crippen molar-refractivity contribution in [2.45, 2.75) is 25.8 Å². The lowest BCUT2D eigenvalue weighted by Gasteiger charge is -2.34. The first-order chi connectivity index (χ1) is 10.6. The molecule has 2 heterocycles. The van der Waals surface area contributed by atoms with Crippen molar-refractivity contribution in [3.63, 3.8) is 0 Å². The fourth-order valence-corrected chi connectivity index (χ4v) is 3.32. The Labute approximate surface area is 159 Å². The van der Waals surface area contributed by atoms with Crippen LogP contribution in [0.25, 0.3) is 10.9 Å². The number of hydrogen-bond donors (Lipinski definition) is 1. The Balaban J connectivity index is 0.00000144. The Hall–Kier alpha value is -1.07. The maximum absolute atomic E-state index is 12.9. The second kappa shape index (κ2) is 8.86. The molecule has 4 nitrogen and oxygen atoms in total. The number of carbonyl (C=O) groups excluding carboxylic acids is 1. The smallest absolute Gasteiger partial charge is 0.256 e. The van der Waals surface area contributed by atoms with Gasteiger partial charge < -0.3 is 10.6 Å². The molecule has 2 unspecified atom stereocenters. The van der Waals surface area contributed by atoms with Gasteiger partial charge in [0.05, 0.1) is 16.1 Å². The number of carbonyl (C=O) groups is 1. The summed E-state index contributed by atoms with van der Waals surface area (Å²) in [5.41, 5.74) is 7.30. The van der Waals surface area contributed by atoms with Gasteiger partial charge in [0.1, 0.15) is 0 Å². The SMILES string of the molecule is CC(N)C1CCCN(C(=O)c2ccc(Cl)c3cccnc23)C1.Cl.Cl. The van der Waals surface area contributed by atoms with Crippen molar-refractivity contribution < 1.29 is 4.79 Å². The molecule has 2 atom stereocenters. The van der Waals surface area contributed by atoms with Crippen LogP contribution in [-0.2, 0) is 0 Å². The Morgan fingerprint density at radius 2 is 2.12 bits per heavy atom. The summed E-state index contributed by atoms with van der Waals surface area (Å²) in [4.78, 5) is 19.1. The van der Waals surface area contributed by atoms with Crippen molar-refractivity contribution in [1.29, 1.82) is 0 Å². The summed E-state index contributed by atoms with van der Waals surface area (Å²) in [6.45, 7) is 3.50. The molecular weight excluding hydrogens is 369 g/mol. The third kappa shape index (κ3) is 4.12. The second-order valence-electron chi connectivity index (χ2n) is 6.01. The Kier molecular flexibility index (Phi) is 7.74. The molecule has 1 amide bonds. The Morgan fingerprint density at radius 3 is 2.83 bits per heavy atom. The van der Waals surface area contributed by atoms with Crippen molar-refractivity contribution in [2.24, 2.45) is 11.7 Å². The van der Waals surface area contributed by atoms with E-state index >= 15 is 0 Å². The summed E-state index contributed by atoms with van der Waals surface area (Å²) in [7, 11) is 0. The number of halogens is 3. The van der Waals surface area contributed by atoms with E-state index in [1.54, 1.807) is 18.3 Å². The van der Waals surface area contributed by atoms with Gasteiger partial charge in [0.2, 0.25) is 0 Å². The number of likely N-dealkylation sites (tertiary alicyclic amines) is 1. The molecule has 0 saturated carbocycles. The highest BCUT2D eigenvalue weighted by molar-refractivity contribution is 6.36. The van der Waals surface area contributed by atoms with Crippen LogP contribution >= 0.6 is 36.4 Å². The maximum Gasteiger partial charge on any atom is 0.256 e. The summed E-state index contributed by atoms with van der Waals surface area (Å²) in [5.74, 6) is 0.384. The molecule has 0 bridgehead atoms. The van der Waals surface area contributed by atoms with Crippen LogP contribution < -0.4 is 5.73 Å². The number of piperidine rings is 1. The number of nitrogens with two attached hydrogens (primary N) is 1. The zero-order chi connectivity index (χ0) is 15.7. The van der Waals surface area contributed by atoms with Crippen LogP contribution in [0.2, 0.25) is 5.02 Å². The number of benzene rings is 1. The van der Waals surface area contributed by atoms with Crippen LogP contribution in [0.15, 0.2) is 30.5 Å². The lowest BCUT2D eigenvalue weighted by atomic mass is 9.91. The third-order valence-corrected chi connectivity index (χ3v) is 4.77. The van der Waals surface area contributed by atoms with Crippen LogP contribution in [0.4, 0.5) is 0 Å². The zero-order valence-electron chi connectivity index (χ0n) is 13.4. The highest BCUT2D eigenvalue weighted by Gasteiger charge is 2.27. The van der Waals surface area contributed by atoms with E-state index < -0.39 is 0 Å². The van der Waals surface area contributed by atoms with Crippen molar-refractivity contribution in [1.82, 2.24) is 9.88 Å². The van der Waals surface area contributed by atoms with Gasteiger partial charge in [0.15, 0.2) is 0 Å². The summed E-state index contributed by atoms with van der Waals surface area (Å²) in [5, 5.41) is 1.43. The van der Waals surface area contributed by atoms with Crippen LogP contribution in [0, 0.1) is 5.92 Å². The third-order valence-electron chi connectivity index (χ3n) is 4.44. The van der Waals surface area contributed by atoms with Gasteiger partial charge in [-0.2, -0.15) is 0 Å². The van der Waals surface area contributed by atoms with Gasteiger partial charge in [-0.3, -0.25) is 9.78 Å². The first kappa shape index (κ1) is 21.0. The summed E-state index contributed by atoms with van der Waals surface area (Å²) < 4.78 is 0. The van der Waals surface area contributed by atoms with Gasteiger partial charge in [-0.15, -0.1) is 24.8 Å². The van der Waals surface area contributed by atoms with Gasteiger partial charge in [-0.25, -0.2) is 0 Å². The quantitative estimate of drug-likeness (QED) is 0.845. The first-order valence-electron chi connectivity index (χ1n) is 7.66. The Morgan fingerprint density at radius 1 is 1.38 bits per heavy atom. The molecular formula is C17H22Cl3N3O. The van der Waals surface area contributed by atoms with Crippen molar-refractivity contribution >= 4 is 53.2 Å². The minimum absolute atomic E-state index is 0. The van der Waals surface area contributed by atoms with Crippen LogP contribution in [-0.4, -0.2) is 34.9 Å². The standard InChI is InChI=1S/C17H20ClN3O.2ClH/c1-11(19)12-4-3-9-21(10-12)17(22)14-6-7-15(18)13-5-2-8-20-16(13)14;;/h2,5-8,11-12H,3-4,9-10,19H2,1H3;2*1H. The van der Waals surface area contributed by atoms with E-state index in [9.17, 15) is 4.79 Å². The molecule has 2 aromatic rings. The maximum atomic E-state index is 12.9. The highest BCUT2D eigenvalue weighted by atomic mass is 35.5. The minimum atomic E-state index is 0. The molecule has 1 saturated heterocycles. The van der Waals surface area contributed by atoms with E-state index in [4.69, 9.17) is 17.3 Å². The predicted octanol–water partition coefficient (Wildman–Crippen LogP) is 3.93. The van der Waals surface area contributed by atoms with Crippen molar-refractivity contribution in [2.75, 3.05) is 13.1 Å². The molecule has 24 heavy (non-hydrogen) atoms. The largest absolute Gasteiger partial charge is 0.338 e. The molecule has 0 aliphatic carbocycles. The molecule has 1 aliphatic rings. The molecule has 132 valence electrons. The molecule has 3 rings (SSSR count). The molecule has 1 aromatic heterocycles. The molecule has 1 aliphatic heterocycles. The van der Waals surface area contributed by atoms with Gasteiger partial charge >= 0.3 is 0 Å². The molecule has 1 fully saturated rings. The number of pyridine rings is 1. The van der Waals surface area contributed by atoms with E-state index in [1.807, 2.05) is 24.0 Å². The number of aromatic nitrogens is 1. The van der Waals surface area contributed by atoms with Crippen LogP contribution in [0.1, 0.15) is 30.1 Å². The van der Waals surface area contributed by atoms with E-state index in [-0.39, 0.29) is 36.8 Å². The number of fused-ring (bicyclic) bond motifs is 1. The van der Waals surface area contributed by atoms with Gasteiger partial charge in [-0.05, 0) is 49.9 Å². The fourth-order valence-electron chi connectivity index (χ4n) is 3.10. The van der Waals surface area contributed by atoms with E-state index in [1.165, 1.54) is 0 Å². The monoisotopic (exact) mass is 389 g/mol. The average Bonchev–Trinajstić information content (AvgIpc) is 2.55. The van der Waals surface area contributed by atoms with Crippen LogP contribution in [0.3, 0.4) is 0 Å². The van der Waals surface area contributed by atoms with E-state index in [0.717, 1.165) is 24.8 Å². The second-order valence-corrected chi connectivity index (χ2v) is 6.41. The first-order valence-corrected chi connectivity index (χ1v) is 8.04. The normalized spacial score (nSPS) is 18.5. The fraction of sp³-hybridized carbons (Fsp3) is 0.412. The highest BCUT2D eigenvalue weighted by Crippen LogP contribution is 2.27. The summed E-state index contributed by atoms with van der Waals surface area (Å²) >= 11 is 6.20. The lowest BCUT2D eigenvalue weighted by Crippen LogP contribution is -2.45. The van der Waals surface area contributed by atoms with E-state index in [2.05, 4.69) is 4.98 Å². The van der Waals surface area contributed by atoms with Gasteiger partial charge in [-0.1, -0.05) is 11.6 Å². The van der Waals surface area contributed by atoms with Crippen LogP contribution in [0.5, 0.6) is 0 Å². The number of amides is 1. The molecule has 1 aromatic carbocycles. The molecule has 0 radical (unpaired) electrons. The molecule has 7 heteroatoms. The van der Waals surface area contributed by atoms with Gasteiger partial charge in [0, 0.05) is 30.7 Å². The molecule has 0 spiro atoms. The zero-order valence-corrected chi connectivity index (χ0v) is 15.8. The minimum Gasteiger partial charge on any atom is -0.338 e. The summed E-state index contributed by atoms with van der Waals surface area (Å²) in [6, 6.07) is 7.37. The lowest BCUT2D eigenvalue weighted by molar-refractivity contribution is 0.0663. The van der Waals surface area contributed by atoms with Crippen molar-refractivity contribution in [3.8, 4) is 0 Å². The average molecular weight is 391 g/mol. The number of hydrogen-bond acceptors (Lipinski definition) is 3. The number of rotatable bonds is 2. The number of nitrogens with zero attached hydrogens (tertiary/aromatic N) is 2. The van der Waals surface area contributed by atoms with Crippen molar-refractivity contribution in [3.05, 3.63) is 41.0 Å². The summed E-state index contributed by atoms with van der Waals surface area (Å²) in [6.07, 6.45) is 3.77. The van der Waals surface area contributed by atoms with Gasteiger partial charge in [0.25, 0.3) is 5.91 Å².